The number of amides is 1. The number of rotatable bonds is 4. The van der Waals surface area contributed by atoms with E-state index in [4.69, 9.17) is 16.6 Å². The molecule has 2 aliphatic rings. The fourth-order valence-electron chi connectivity index (χ4n) is 4.80. The molecule has 2 N–H and O–H groups in total. The summed E-state index contributed by atoms with van der Waals surface area (Å²) in [5, 5.41) is 6.83. The van der Waals surface area contributed by atoms with Gasteiger partial charge in [-0.1, -0.05) is 23.7 Å². The number of aromatic nitrogens is 2. The van der Waals surface area contributed by atoms with E-state index in [-0.39, 0.29) is 23.7 Å². The van der Waals surface area contributed by atoms with Crippen molar-refractivity contribution in [2.45, 2.75) is 6.54 Å². The van der Waals surface area contributed by atoms with E-state index in [2.05, 4.69) is 20.6 Å². The zero-order valence-electron chi connectivity index (χ0n) is 20.7. The molecule has 10 heteroatoms. The average Bonchev–Trinajstić information content (AvgIpc) is 3.10. The Morgan fingerprint density at radius 2 is 1.72 bits per heavy atom. The molecule has 1 aromatic heterocycles. The number of anilines is 2. The van der Waals surface area contributed by atoms with Gasteiger partial charge in [-0.25, -0.2) is 18.7 Å². The fourth-order valence-corrected chi connectivity index (χ4v) is 4.97. The number of fused-ring (bicyclic) bond motifs is 3. The van der Waals surface area contributed by atoms with E-state index in [1.54, 1.807) is 48.7 Å². The van der Waals surface area contributed by atoms with Crippen LogP contribution in [0.4, 0.5) is 20.4 Å². The number of hydrogen-bond acceptors (Lipinski definition) is 6. The molecule has 3 aromatic carbocycles. The molecular weight excluding hydrogens is 522 g/mol. The molecule has 0 saturated carbocycles. The van der Waals surface area contributed by atoms with Crippen LogP contribution < -0.4 is 10.6 Å². The Bertz CT molecular complexity index is 1580. The van der Waals surface area contributed by atoms with Gasteiger partial charge in [-0.2, -0.15) is 0 Å². The highest BCUT2D eigenvalue weighted by atomic mass is 35.5. The number of nitrogens with zero attached hydrogens (tertiary/aromatic N) is 4. The lowest BCUT2D eigenvalue weighted by Crippen LogP contribution is -2.46. The Morgan fingerprint density at radius 3 is 2.46 bits per heavy atom. The van der Waals surface area contributed by atoms with Crippen LogP contribution in [-0.4, -0.2) is 52.7 Å². The van der Waals surface area contributed by atoms with E-state index in [0.29, 0.717) is 57.7 Å². The monoisotopic (exact) mass is 544 g/mol. The van der Waals surface area contributed by atoms with E-state index in [1.165, 1.54) is 18.2 Å². The SMILES string of the molecule is O=C(c1ccc(Nc2ncc3c(n2)-c2ccc(Cl)cc2C(c2c(F)cccc2F)=NC3)cc1)N1CCNCC1. The van der Waals surface area contributed by atoms with E-state index < -0.39 is 11.6 Å². The standard InChI is InChI=1S/C29H23ClF2N6O/c30-19-6-9-21-22(14-19)27(25-23(31)2-1-3-24(25)32)34-15-18-16-35-29(37-26(18)21)36-20-7-4-17(5-8-20)28(39)38-12-10-33-11-13-38/h1-9,14,16,33H,10-13,15H2,(H,35,36,37). The van der Waals surface area contributed by atoms with Gasteiger partial charge in [0.05, 0.1) is 23.5 Å². The number of hydrogen-bond donors (Lipinski definition) is 2. The molecule has 0 unspecified atom stereocenters. The normalized spacial score (nSPS) is 14.6. The van der Waals surface area contributed by atoms with E-state index in [1.807, 2.05) is 4.90 Å². The number of aliphatic imine (C=N–C) groups is 1. The minimum absolute atomic E-state index is 0.00157. The quantitative estimate of drug-likeness (QED) is 0.368. The van der Waals surface area contributed by atoms with E-state index >= 15 is 0 Å². The van der Waals surface area contributed by atoms with Crippen molar-refractivity contribution in [2.24, 2.45) is 4.99 Å². The van der Waals surface area contributed by atoms with Gasteiger partial charge in [0.1, 0.15) is 11.6 Å². The maximum absolute atomic E-state index is 14.8. The molecule has 4 aromatic rings. The second kappa shape index (κ2) is 10.5. The lowest BCUT2D eigenvalue weighted by Gasteiger charge is -2.27. The molecule has 1 fully saturated rings. The first-order chi connectivity index (χ1) is 19.0. The van der Waals surface area contributed by atoms with E-state index in [0.717, 1.165) is 13.1 Å². The lowest BCUT2D eigenvalue weighted by atomic mass is 9.95. The highest BCUT2D eigenvalue weighted by molar-refractivity contribution is 6.31. The van der Waals surface area contributed by atoms with Gasteiger partial charge in [0, 0.05) is 65.3 Å². The summed E-state index contributed by atoms with van der Waals surface area (Å²) in [4.78, 5) is 28.3. The largest absolute Gasteiger partial charge is 0.336 e. The third kappa shape index (κ3) is 4.98. The van der Waals surface area contributed by atoms with Crippen LogP contribution in [0, 0.1) is 11.6 Å². The van der Waals surface area contributed by atoms with Gasteiger partial charge in [-0.15, -0.1) is 0 Å². The molecule has 0 bridgehead atoms. The van der Waals surface area contributed by atoms with Gasteiger partial charge in [0.2, 0.25) is 5.95 Å². The molecule has 7 nitrogen and oxygen atoms in total. The van der Waals surface area contributed by atoms with Crippen LogP contribution in [0.3, 0.4) is 0 Å². The minimum atomic E-state index is -0.710. The zero-order valence-corrected chi connectivity index (χ0v) is 21.5. The molecule has 1 amide bonds. The van der Waals surface area contributed by atoms with Gasteiger partial charge in [-0.05, 0) is 48.5 Å². The van der Waals surface area contributed by atoms with Gasteiger partial charge in [0.15, 0.2) is 0 Å². The molecule has 2 aliphatic heterocycles. The van der Waals surface area contributed by atoms with Crippen LogP contribution in [0.15, 0.2) is 71.9 Å². The molecule has 0 radical (unpaired) electrons. The first-order valence-electron chi connectivity index (χ1n) is 12.5. The number of carbonyl (C=O) groups excluding carboxylic acids is 1. The van der Waals surface area contributed by atoms with Crippen LogP contribution in [0.2, 0.25) is 5.02 Å². The number of piperazine rings is 1. The van der Waals surface area contributed by atoms with Gasteiger partial charge >= 0.3 is 0 Å². The number of carbonyl (C=O) groups is 1. The van der Waals surface area contributed by atoms with Crippen molar-refractivity contribution in [2.75, 3.05) is 31.5 Å². The van der Waals surface area contributed by atoms with Gasteiger partial charge in [0.25, 0.3) is 5.91 Å². The number of nitrogens with one attached hydrogen (secondary N) is 2. The Balaban J connectivity index is 1.31. The molecule has 0 atom stereocenters. The molecule has 6 rings (SSSR count). The van der Waals surface area contributed by atoms with E-state index in [9.17, 15) is 13.6 Å². The Labute approximate surface area is 228 Å². The van der Waals surface area contributed by atoms with Crippen molar-refractivity contribution in [3.05, 3.63) is 106 Å². The number of halogens is 3. The smallest absolute Gasteiger partial charge is 0.253 e. The van der Waals surface area contributed by atoms with Gasteiger partial charge in [-0.3, -0.25) is 9.79 Å². The van der Waals surface area contributed by atoms with Crippen molar-refractivity contribution in [3.8, 4) is 11.3 Å². The maximum Gasteiger partial charge on any atom is 0.253 e. The van der Waals surface area contributed by atoms with Crippen LogP contribution in [0.25, 0.3) is 11.3 Å². The van der Waals surface area contributed by atoms with Crippen molar-refractivity contribution in [3.63, 3.8) is 0 Å². The highest BCUT2D eigenvalue weighted by Crippen LogP contribution is 2.34. The summed E-state index contributed by atoms with van der Waals surface area (Å²) in [6.07, 6.45) is 1.65. The summed E-state index contributed by atoms with van der Waals surface area (Å²) < 4.78 is 29.5. The maximum atomic E-state index is 14.8. The Morgan fingerprint density at radius 1 is 0.974 bits per heavy atom. The predicted molar refractivity (Wildman–Crippen MR) is 147 cm³/mol. The second-order valence-corrected chi connectivity index (χ2v) is 9.70. The van der Waals surface area contributed by atoms with Crippen LogP contribution in [0.1, 0.15) is 27.0 Å². The number of benzene rings is 3. The Hall–Kier alpha value is -4.21. The third-order valence-corrected chi connectivity index (χ3v) is 6.99. The third-order valence-electron chi connectivity index (χ3n) is 6.76. The molecule has 1 saturated heterocycles. The molecule has 196 valence electrons. The highest BCUT2D eigenvalue weighted by Gasteiger charge is 2.25. The van der Waals surface area contributed by atoms with Crippen molar-refractivity contribution in [1.82, 2.24) is 20.2 Å². The predicted octanol–water partition coefficient (Wildman–Crippen LogP) is 5.22. The fraction of sp³-hybridized carbons (Fsp3) is 0.172. The summed E-state index contributed by atoms with van der Waals surface area (Å²) in [7, 11) is 0. The van der Waals surface area contributed by atoms with Crippen LogP contribution in [0.5, 0.6) is 0 Å². The molecule has 0 spiro atoms. The topological polar surface area (TPSA) is 82.5 Å². The second-order valence-electron chi connectivity index (χ2n) is 9.26. The van der Waals surface area contributed by atoms with Crippen molar-refractivity contribution in [1.29, 1.82) is 0 Å². The molecule has 39 heavy (non-hydrogen) atoms. The summed E-state index contributed by atoms with van der Waals surface area (Å²) in [5.74, 6) is -1.09. The van der Waals surface area contributed by atoms with Gasteiger partial charge < -0.3 is 15.5 Å². The van der Waals surface area contributed by atoms with Crippen LogP contribution >= 0.6 is 11.6 Å². The summed E-state index contributed by atoms with van der Waals surface area (Å²) in [6, 6.07) is 16.0. The molecule has 3 heterocycles. The molecular formula is C29H23ClF2N6O. The molecule has 0 aliphatic carbocycles. The Kier molecular flexibility index (Phi) is 6.76. The summed E-state index contributed by atoms with van der Waals surface area (Å²) >= 11 is 6.29. The first-order valence-corrected chi connectivity index (χ1v) is 12.9. The van der Waals surface area contributed by atoms with Crippen LogP contribution in [-0.2, 0) is 6.54 Å². The first kappa shape index (κ1) is 25.1. The minimum Gasteiger partial charge on any atom is -0.336 e. The van der Waals surface area contributed by atoms with Crippen molar-refractivity contribution >= 4 is 34.9 Å². The average molecular weight is 545 g/mol. The summed E-state index contributed by atoms with van der Waals surface area (Å²) in [5.41, 5.74) is 3.67. The van der Waals surface area contributed by atoms with Crippen molar-refractivity contribution < 1.29 is 13.6 Å². The zero-order chi connectivity index (χ0) is 26.9. The summed E-state index contributed by atoms with van der Waals surface area (Å²) in [6.45, 7) is 3.08. The lowest BCUT2D eigenvalue weighted by molar-refractivity contribution is 0.0736.